The van der Waals surface area contributed by atoms with Gasteiger partial charge >= 0.3 is 6.09 Å². The van der Waals surface area contributed by atoms with Crippen LogP contribution in [0.2, 0.25) is 0 Å². The zero-order valence-electron chi connectivity index (χ0n) is 21.0. The van der Waals surface area contributed by atoms with E-state index in [1.165, 1.54) is 17.0 Å². The van der Waals surface area contributed by atoms with Gasteiger partial charge in [0.05, 0.1) is 22.3 Å². The standard InChI is InChI=1S/C31H25NO6S/c33-19-9-10-23-16-17-27-26(22-23)31-24-11-4-1-2-7-15-28(30(31,38-31)18-8-12-24)32(27)29(34)37-20-21-39(35,36)25-13-5-3-6-14-25/h1-3,5-6,13-14,16-17,22,24,28,33H,8,12,18-21H2/b2-1-/t24-,28-,30-,31+/m0/s1. The Morgan fingerprint density at radius 1 is 1.15 bits per heavy atom. The smallest absolute Gasteiger partial charge is 0.415 e. The molecule has 0 spiro atoms. The maximum absolute atomic E-state index is 13.7. The fraction of sp³-hybridized carbons (Fsp3) is 0.323. The number of allylic oxidation sites excluding steroid dienone is 2. The van der Waals surface area contributed by atoms with Crippen molar-refractivity contribution in [3.8, 4) is 35.5 Å². The lowest BCUT2D eigenvalue weighted by Gasteiger charge is -2.43. The molecule has 1 amide bonds. The van der Waals surface area contributed by atoms with Crippen molar-refractivity contribution in [2.75, 3.05) is 23.9 Å². The first-order chi connectivity index (χ1) is 18.9. The van der Waals surface area contributed by atoms with Crippen LogP contribution in [0.25, 0.3) is 0 Å². The van der Waals surface area contributed by atoms with Crippen molar-refractivity contribution in [1.29, 1.82) is 0 Å². The van der Waals surface area contributed by atoms with Crippen LogP contribution in [0.4, 0.5) is 10.5 Å². The molecule has 2 heterocycles. The minimum atomic E-state index is -3.62. The molecule has 1 N–H and O–H groups in total. The molecule has 0 radical (unpaired) electrons. The normalized spacial score (nSPS) is 28.0. The quantitative estimate of drug-likeness (QED) is 0.474. The number of benzene rings is 2. The predicted octanol–water partition coefficient (Wildman–Crippen LogP) is 3.17. The molecule has 4 atom stereocenters. The SMILES string of the molecule is O=C(OCCS(=O)(=O)c1ccccc1)N1c2ccc(C#CCO)cc2[C@@]23O[C@]24CCC[C@@H]3C#C/C=C\C#C[C@H]14. The number of carbonyl (C=O) groups excluding carboxylic acids is 1. The first-order valence-corrected chi connectivity index (χ1v) is 14.4. The molecule has 0 aromatic heterocycles. The maximum atomic E-state index is 13.7. The van der Waals surface area contributed by atoms with Gasteiger partial charge in [0.15, 0.2) is 9.84 Å². The number of fused-ring (bicyclic) bond motifs is 1. The summed E-state index contributed by atoms with van der Waals surface area (Å²) in [7, 11) is -3.62. The van der Waals surface area contributed by atoms with Crippen LogP contribution in [0.5, 0.6) is 0 Å². The van der Waals surface area contributed by atoms with Crippen LogP contribution in [0.15, 0.2) is 65.6 Å². The molecule has 2 aliphatic heterocycles. The molecule has 2 fully saturated rings. The van der Waals surface area contributed by atoms with Crippen molar-refractivity contribution >= 4 is 21.6 Å². The Kier molecular flexibility index (Phi) is 6.25. The van der Waals surface area contributed by atoms with Gasteiger partial charge in [-0.3, -0.25) is 4.90 Å². The van der Waals surface area contributed by atoms with Crippen LogP contribution >= 0.6 is 0 Å². The molecule has 2 aromatic rings. The number of rotatable bonds is 4. The van der Waals surface area contributed by atoms with Crippen molar-refractivity contribution in [2.45, 2.75) is 41.4 Å². The summed E-state index contributed by atoms with van der Waals surface area (Å²) in [6.07, 6.45) is 5.06. The van der Waals surface area contributed by atoms with Gasteiger partial charge in [-0.05, 0) is 61.7 Å². The minimum Gasteiger partial charge on any atom is -0.448 e. The summed E-state index contributed by atoms with van der Waals surface area (Å²) >= 11 is 0. The van der Waals surface area contributed by atoms with E-state index < -0.39 is 33.2 Å². The molecular weight excluding hydrogens is 514 g/mol. The average Bonchev–Trinajstić information content (AvgIpc) is 3.66. The average molecular weight is 540 g/mol. The molecule has 8 heteroatoms. The van der Waals surface area contributed by atoms with Crippen LogP contribution in [0, 0.1) is 41.4 Å². The van der Waals surface area contributed by atoms with Crippen molar-refractivity contribution < 1.29 is 27.8 Å². The number of ether oxygens (including phenoxy) is 2. The van der Waals surface area contributed by atoms with E-state index in [4.69, 9.17) is 9.47 Å². The van der Waals surface area contributed by atoms with E-state index in [1.54, 1.807) is 42.5 Å². The van der Waals surface area contributed by atoms with Crippen LogP contribution < -0.4 is 4.90 Å². The van der Waals surface area contributed by atoms with Crippen molar-refractivity contribution in [3.63, 3.8) is 0 Å². The number of sulfone groups is 1. The Morgan fingerprint density at radius 3 is 2.74 bits per heavy atom. The van der Waals surface area contributed by atoms with E-state index >= 15 is 0 Å². The zero-order chi connectivity index (χ0) is 27.1. The fourth-order valence-electron chi connectivity index (χ4n) is 6.09. The van der Waals surface area contributed by atoms with E-state index in [0.29, 0.717) is 17.7 Å². The number of amides is 1. The molecule has 39 heavy (non-hydrogen) atoms. The van der Waals surface area contributed by atoms with E-state index in [1.807, 2.05) is 6.07 Å². The number of nitrogens with zero attached hydrogens (tertiary/aromatic N) is 1. The second-order valence-corrected chi connectivity index (χ2v) is 11.9. The van der Waals surface area contributed by atoms with Crippen LogP contribution in [-0.4, -0.2) is 50.2 Å². The Bertz CT molecular complexity index is 1660. The summed E-state index contributed by atoms with van der Waals surface area (Å²) in [5.41, 5.74) is 0.516. The van der Waals surface area contributed by atoms with Gasteiger partial charge in [0.1, 0.15) is 30.5 Å². The molecule has 7 nitrogen and oxygen atoms in total. The Balaban J connectivity index is 1.39. The van der Waals surface area contributed by atoms with Crippen molar-refractivity contribution in [2.24, 2.45) is 5.92 Å². The molecule has 6 rings (SSSR count). The first-order valence-electron chi connectivity index (χ1n) is 12.8. The van der Waals surface area contributed by atoms with E-state index in [9.17, 15) is 18.3 Å². The molecule has 1 saturated heterocycles. The van der Waals surface area contributed by atoms with Gasteiger partial charge < -0.3 is 14.6 Å². The highest BCUT2D eigenvalue weighted by molar-refractivity contribution is 7.91. The van der Waals surface area contributed by atoms with E-state index in [2.05, 4.69) is 35.5 Å². The molecule has 0 unspecified atom stereocenters. The zero-order valence-corrected chi connectivity index (χ0v) is 21.8. The largest absolute Gasteiger partial charge is 0.448 e. The van der Waals surface area contributed by atoms with Crippen LogP contribution in [-0.2, 0) is 24.9 Å². The van der Waals surface area contributed by atoms with Crippen molar-refractivity contribution in [3.05, 3.63) is 71.8 Å². The number of aliphatic hydroxyl groups is 1. The first kappa shape index (κ1) is 25.3. The number of anilines is 1. The van der Waals surface area contributed by atoms with Gasteiger partial charge in [0.2, 0.25) is 0 Å². The summed E-state index contributed by atoms with van der Waals surface area (Å²) in [5, 5.41) is 9.20. The lowest BCUT2D eigenvalue weighted by Crippen LogP contribution is -2.57. The molecule has 4 bridgehead atoms. The predicted molar refractivity (Wildman–Crippen MR) is 144 cm³/mol. The molecule has 1 saturated carbocycles. The number of aliphatic hydroxyl groups excluding tert-OH is 1. The van der Waals surface area contributed by atoms with Crippen molar-refractivity contribution in [1.82, 2.24) is 0 Å². The third kappa shape index (κ3) is 4.03. The maximum Gasteiger partial charge on any atom is 0.415 e. The third-order valence-corrected chi connectivity index (χ3v) is 9.43. The molecule has 196 valence electrons. The van der Waals surface area contributed by atoms with E-state index in [-0.39, 0.29) is 29.8 Å². The molecular formula is C31H25NO6S. The molecule has 4 aliphatic rings. The summed E-state index contributed by atoms with van der Waals surface area (Å²) in [6, 6.07) is 12.9. The van der Waals surface area contributed by atoms with Gasteiger partial charge in [0, 0.05) is 11.1 Å². The highest BCUT2D eigenvalue weighted by atomic mass is 32.2. The number of hydrogen-bond donors (Lipinski definition) is 1. The monoisotopic (exact) mass is 539 g/mol. The fourth-order valence-corrected chi connectivity index (χ4v) is 7.20. The minimum absolute atomic E-state index is 0.104. The third-order valence-electron chi connectivity index (χ3n) is 7.73. The van der Waals surface area contributed by atoms with Gasteiger partial charge in [-0.15, -0.1) is 0 Å². The second-order valence-electron chi connectivity index (χ2n) is 9.79. The summed E-state index contributed by atoms with van der Waals surface area (Å²) in [6.45, 7) is -0.583. The highest BCUT2D eigenvalue weighted by Gasteiger charge is 2.81. The Labute approximate surface area is 227 Å². The van der Waals surface area contributed by atoms with Gasteiger partial charge in [-0.2, -0.15) is 0 Å². The number of epoxide rings is 1. The summed E-state index contributed by atoms with van der Waals surface area (Å²) in [4.78, 5) is 15.4. The molecule has 2 aromatic carbocycles. The number of carbonyl (C=O) groups is 1. The number of hydrogen-bond acceptors (Lipinski definition) is 6. The van der Waals surface area contributed by atoms with Crippen LogP contribution in [0.1, 0.15) is 30.4 Å². The summed E-state index contributed by atoms with van der Waals surface area (Å²) < 4.78 is 37.7. The molecule has 2 aliphatic carbocycles. The Morgan fingerprint density at radius 2 is 1.95 bits per heavy atom. The van der Waals surface area contributed by atoms with Crippen LogP contribution in [0.3, 0.4) is 0 Å². The van der Waals surface area contributed by atoms with Gasteiger partial charge in [-0.25, -0.2) is 13.2 Å². The highest BCUT2D eigenvalue weighted by Crippen LogP contribution is 2.72. The van der Waals surface area contributed by atoms with Gasteiger partial charge in [0.25, 0.3) is 0 Å². The second kappa shape index (κ2) is 9.63. The topological polar surface area (TPSA) is 96.4 Å². The van der Waals surface area contributed by atoms with Gasteiger partial charge in [-0.1, -0.05) is 53.7 Å². The lowest BCUT2D eigenvalue weighted by atomic mass is 9.63. The lowest BCUT2D eigenvalue weighted by molar-refractivity contribution is 0.153. The summed E-state index contributed by atoms with van der Waals surface area (Å²) in [5.74, 6) is 17.9. The Hall–Kier alpha value is -4.00. The van der Waals surface area contributed by atoms with E-state index in [0.717, 1.165) is 18.4 Å².